The third-order valence-electron chi connectivity index (χ3n) is 3.19. The molecule has 1 aromatic carbocycles. The van der Waals surface area contributed by atoms with Crippen LogP contribution in [0.3, 0.4) is 0 Å². The second kappa shape index (κ2) is 4.75. The highest BCUT2D eigenvalue weighted by molar-refractivity contribution is 6.31. The van der Waals surface area contributed by atoms with Crippen LogP contribution in [0.4, 0.5) is 0 Å². The average Bonchev–Trinajstić information content (AvgIpc) is 2.96. The summed E-state index contributed by atoms with van der Waals surface area (Å²) in [5.74, 6) is 0.386. The molecule has 0 N–H and O–H groups in total. The van der Waals surface area contributed by atoms with Gasteiger partial charge >= 0.3 is 0 Å². The SMILES string of the molecule is O=C(CC1CCCO1)c1cc2cc(Cl)ccc2o1. The number of benzene rings is 1. The molecule has 0 amide bonds. The van der Waals surface area contributed by atoms with Gasteiger partial charge in [0, 0.05) is 23.4 Å². The van der Waals surface area contributed by atoms with Gasteiger partial charge in [0.05, 0.1) is 6.10 Å². The highest BCUT2D eigenvalue weighted by Crippen LogP contribution is 2.25. The van der Waals surface area contributed by atoms with E-state index in [9.17, 15) is 4.79 Å². The number of Topliss-reactive ketones (excluding diaryl/α,β-unsaturated/α-hetero) is 1. The third kappa shape index (κ3) is 2.28. The molecular weight excluding hydrogens is 252 g/mol. The van der Waals surface area contributed by atoms with Crippen LogP contribution < -0.4 is 0 Å². The molecule has 0 spiro atoms. The van der Waals surface area contributed by atoms with Gasteiger partial charge in [0.25, 0.3) is 0 Å². The lowest BCUT2D eigenvalue weighted by Crippen LogP contribution is -2.11. The Morgan fingerprint density at radius 1 is 1.39 bits per heavy atom. The molecule has 1 aliphatic heterocycles. The van der Waals surface area contributed by atoms with E-state index in [2.05, 4.69) is 0 Å². The zero-order valence-electron chi connectivity index (χ0n) is 9.82. The number of halogens is 1. The van der Waals surface area contributed by atoms with E-state index in [0.29, 0.717) is 22.8 Å². The molecule has 1 aromatic heterocycles. The number of hydrogen-bond acceptors (Lipinski definition) is 3. The number of fused-ring (bicyclic) bond motifs is 1. The van der Waals surface area contributed by atoms with E-state index in [1.165, 1.54) is 0 Å². The Labute approximate surface area is 110 Å². The first kappa shape index (κ1) is 11.8. The maximum Gasteiger partial charge on any atom is 0.200 e. The average molecular weight is 265 g/mol. The highest BCUT2D eigenvalue weighted by atomic mass is 35.5. The lowest BCUT2D eigenvalue weighted by molar-refractivity contribution is 0.0755. The monoisotopic (exact) mass is 264 g/mol. The summed E-state index contributed by atoms with van der Waals surface area (Å²) in [4.78, 5) is 12.0. The molecule has 0 aliphatic carbocycles. The summed E-state index contributed by atoms with van der Waals surface area (Å²) < 4.78 is 11.0. The van der Waals surface area contributed by atoms with Crippen LogP contribution in [0.2, 0.25) is 5.02 Å². The van der Waals surface area contributed by atoms with Gasteiger partial charge in [0.2, 0.25) is 5.78 Å². The van der Waals surface area contributed by atoms with Gasteiger partial charge < -0.3 is 9.15 Å². The molecule has 1 aliphatic rings. The molecule has 2 heterocycles. The fourth-order valence-electron chi connectivity index (χ4n) is 2.26. The molecule has 1 atom stereocenters. The summed E-state index contributed by atoms with van der Waals surface area (Å²) in [5, 5.41) is 1.50. The molecule has 1 unspecified atom stereocenters. The predicted octanol–water partition coefficient (Wildman–Crippen LogP) is 3.84. The first-order valence-corrected chi connectivity index (χ1v) is 6.44. The van der Waals surface area contributed by atoms with Crippen LogP contribution in [-0.2, 0) is 4.74 Å². The van der Waals surface area contributed by atoms with Crippen LogP contribution in [0.15, 0.2) is 28.7 Å². The van der Waals surface area contributed by atoms with Gasteiger partial charge in [-0.05, 0) is 37.1 Å². The quantitative estimate of drug-likeness (QED) is 0.791. The van der Waals surface area contributed by atoms with Crippen molar-refractivity contribution in [2.45, 2.75) is 25.4 Å². The van der Waals surface area contributed by atoms with Gasteiger partial charge in [0.1, 0.15) is 5.58 Å². The van der Waals surface area contributed by atoms with E-state index >= 15 is 0 Å². The highest BCUT2D eigenvalue weighted by Gasteiger charge is 2.22. The van der Waals surface area contributed by atoms with Crippen LogP contribution in [0.1, 0.15) is 29.8 Å². The number of carbonyl (C=O) groups is 1. The molecular formula is C14H13ClO3. The van der Waals surface area contributed by atoms with Crippen molar-refractivity contribution in [3.8, 4) is 0 Å². The fraction of sp³-hybridized carbons (Fsp3) is 0.357. The standard InChI is InChI=1S/C14H13ClO3/c15-10-3-4-13-9(6-10)7-14(18-13)12(16)8-11-2-1-5-17-11/h3-4,6-7,11H,1-2,5,8H2. The molecule has 94 valence electrons. The summed E-state index contributed by atoms with van der Waals surface area (Å²) in [5.41, 5.74) is 0.690. The van der Waals surface area contributed by atoms with Crippen LogP contribution in [0, 0.1) is 0 Å². The van der Waals surface area contributed by atoms with Crippen molar-refractivity contribution >= 4 is 28.4 Å². The molecule has 1 fully saturated rings. The number of ether oxygens (including phenoxy) is 1. The van der Waals surface area contributed by atoms with Crippen molar-refractivity contribution in [3.63, 3.8) is 0 Å². The summed E-state index contributed by atoms with van der Waals surface area (Å²) in [7, 11) is 0. The Morgan fingerprint density at radius 3 is 3.06 bits per heavy atom. The molecule has 2 aromatic rings. The number of ketones is 1. The van der Waals surface area contributed by atoms with E-state index in [4.69, 9.17) is 20.8 Å². The topological polar surface area (TPSA) is 39.4 Å². The summed E-state index contributed by atoms with van der Waals surface area (Å²) in [6, 6.07) is 7.07. The molecule has 1 saturated heterocycles. The molecule has 0 saturated carbocycles. The van der Waals surface area contributed by atoms with E-state index in [1.54, 1.807) is 24.3 Å². The second-order valence-electron chi connectivity index (χ2n) is 4.56. The Balaban J connectivity index is 1.82. The number of carbonyl (C=O) groups excluding carboxylic acids is 1. The van der Waals surface area contributed by atoms with Crippen molar-refractivity contribution in [1.29, 1.82) is 0 Å². The smallest absolute Gasteiger partial charge is 0.200 e. The number of furan rings is 1. The van der Waals surface area contributed by atoms with Gasteiger partial charge in [0.15, 0.2) is 5.76 Å². The first-order valence-electron chi connectivity index (χ1n) is 6.06. The normalized spacial score (nSPS) is 19.5. The Kier molecular flexibility index (Phi) is 3.10. The Hall–Kier alpha value is -1.32. The maximum atomic E-state index is 12.0. The summed E-state index contributed by atoms with van der Waals surface area (Å²) in [6.07, 6.45) is 2.44. The van der Waals surface area contributed by atoms with Crippen molar-refractivity contribution in [1.82, 2.24) is 0 Å². The van der Waals surface area contributed by atoms with Crippen LogP contribution in [0.25, 0.3) is 11.0 Å². The Morgan fingerprint density at radius 2 is 2.28 bits per heavy atom. The maximum absolute atomic E-state index is 12.0. The zero-order chi connectivity index (χ0) is 12.5. The van der Waals surface area contributed by atoms with Crippen molar-refractivity contribution in [2.75, 3.05) is 6.61 Å². The van der Waals surface area contributed by atoms with E-state index in [0.717, 1.165) is 24.8 Å². The lowest BCUT2D eigenvalue weighted by atomic mass is 10.1. The van der Waals surface area contributed by atoms with Crippen LogP contribution in [0.5, 0.6) is 0 Å². The minimum atomic E-state index is -0.00535. The molecule has 3 nitrogen and oxygen atoms in total. The molecule has 18 heavy (non-hydrogen) atoms. The lowest BCUT2D eigenvalue weighted by Gasteiger charge is -2.05. The van der Waals surface area contributed by atoms with Crippen molar-refractivity contribution in [3.05, 3.63) is 35.0 Å². The fourth-order valence-corrected chi connectivity index (χ4v) is 2.44. The van der Waals surface area contributed by atoms with E-state index < -0.39 is 0 Å². The second-order valence-corrected chi connectivity index (χ2v) is 4.99. The third-order valence-corrected chi connectivity index (χ3v) is 3.43. The van der Waals surface area contributed by atoms with Gasteiger partial charge in [-0.3, -0.25) is 4.79 Å². The van der Waals surface area contributed by atoms with E-state index in [1.807, 2.05) is 0 Å². The van der Waals surface area contributed by atoms with Gasteiger partial charge in [-0.2, -0.15) is 0 Å². The number of rotatable bonds is 3. The van der Waals surface area contributed by atoms with Crippen molar-refractivity contribution < 1.29 is 13.9 Å². The van der Waals surface area contributed by atoms with E-state index in [-0.39, 0.29) is 11.9 Å². The molecule has 0 radical (unpaired) electrons. The molecule has 0 bridgehead atoms. The minimum Gasteiger partial charge on any atom is -0.453 e. The number of hydrogen-bond donors (Lipinski definition) is 0. The predicted molar refractivity (Wildman–Crippen MR) is 69.1 cm³/mol. The summed E-state index contributed by atoms with van der Waals surface area (Å²) in [6.45, 7) is 0.758. The molecule has 4 heteroatoms. The largest absolute Gasteiger partial charge is 0.453 e. The van der Waals surface area contributed by atoms with Gasteiger partial charge in [-0.1, -0.05) is 11.6 Å². The zero-order valence-corrected chi connectivity index (χ0v) is 10.6. The van der Waals surface area contributed by atoms with Gasteiger partial charge in [-0.15, -0.1) is 0 Å². The first-order chi connectivity index (χ1) is 8.72. The minimum absolute atomic E-state index is 0.00535. The van der Waals surface area contributed by atoms with Gasteiger partial charge in [-0.25, -0.2) is 0 Å². The van der Waals surface area contributed by atoms with Crippen LogP contribution in [-0.4, -0.2) is 18.5 Å². The van der Waals surface area contributed by atoms with Crippen LogP contribution >= 0.6 is 11.6 Å². The Bertz CT molecular complexity index is 582. The molecule has 3 rings (SSSR count). The summed E-state index contributed by atoms with van der Waals surface area (Å²) >= 11 is 5.90. The van der Waals surface area contributed by atoms with Crippen molar-refractivity contribution in [2.24, 2.45) is 0 Å².